The molecule has 5 heteroatoms. The summed E-state index contributed by atoms with van der Waals surface area (Å²) in [6.07, 6.45) is 0. The van der Waals surface area contributed by atoms with Crippen LogP contribution < -0.4 is 15.8 Å². The molecule has 0 aromatic heterocycles. The molecule has 0 unspecified atom stereocenters. The summed E-state index contributed by atoms with van der Waals surface area (Å²) in [5.74, 6) is 0.312. The second kappa shape index (κ2) is 5.73. The number of ether oxygens (including phenoxy) is 2. The maximum absolute atomic E-state index is 11.9. The van der Waals surface area contributed by atoms with Crippen LogP contribution in [-0.4, -0.2) is 32.3 Å². The van der Waals surface area contributed by atoms with Gasteiger partial charge in [-0.3, -0.25) is 4.79 Å². The van der Waals surface area contributed by atoms with Crippen LogP contribution in [0.1, 0.15) is 24.2 Å². The van der Waals surface area contributed by atoms with Crippen molar-refractivity contribution in [2.24, 2.45) is 0 Å². The van der Waals surface area contributed by atoms with Crippen molar-refractivity contribution in [3.63, 3.8) is 0 Å². The quantitative estimate of drug-likeness (QED) is 0.777. The van der Waals surface area contributed by atoms with E-state index in [9.17, 15) is 4.79 Å². The first-order valence-electron chi connectivity index (χ1n) is 5.66. The number of nitrogens with one attached hydrogen (secondary N) is 1. The summed E-state index contributed by atoms with van der Waals surface area (Å²) in [6.45, 7) is 4.22. The molecule has 0 saturated carbocycles. The standard InChI is InChI=1S/C13H20N2O3/c1-13(2,18-4)8-15-12(16)9-5-6-10(14)11(7-9)17-3/h5-7H,8,14H2,1-4H3,(H,15,16). The van der Waals surface area contributed by atoms with Crippen LogP contribution in [0.4, 0.5) is 5.69 Å². The van der Waals surface area contributed by atoms with Gasteiger partial charge in [0.1, 0.15) is 5.75 Å². The third-order valence-electron chi connectivity index (χ3n) is 2.72. The monoisotopic (exact) mass is 252 g/mol. The lowest BCUT2D eigenvalue weighted by Crippen LogP contribution is -2.39. The minimum Gasteiger partial charge on any atom is -0.495 e. The first-order valence-corrected chi connectivity index (χ1v) is 5.66. The number of methoxy groups -OCH3 is 2. The van der Waals surface area contributed by atoms with Crippen LogP contribution in [0, 0.1) is 0 Å². The zero-order valence-electron chi connectivity index (χ0n) is 11.2. The Morgan fingerprint density at radius 3 is 2.61 bits per heavy atom. The van der Waals surface area contributed by atoms with E-state index in [0.29, 0.717) is 23.5 Å². The van der Waals surface area contributed by atoms with Gasteiger partial charge in [0.25, 0.3) is 5.91 Å². The van der Waals surface area contributed by atoms with Gasteiger partial charge in [-0.2, -0.15) is 0 Å². The first-order chi connectivity index (χ1) is 8.39. The van der Waals surface area contributed by atoms with Gasteiger partial charge in [-0.05, 0) is 32.0 Å². The maximum atomic E-state index is 11.9. The lowest BCUT2D eigenvalue weighted by molar-refractivity contribution is 0.0229. The van der Waals surface area contributed by atoms with E-state index in [1.54, 1.807) is 25.3 Å². The number of carbonyl (C=O) groups is 1. The molecular weight excluding hydrogens is 232 g/mol. The molecule has 1 rings (SSSR count). The molecule has 0 atom stereocenters. The SMILES string of the molecule is COc1cc(C(=O)NCC(C)(C)OC)ccc1N. The molecule has 100 valence electrons. The van der Waals surface area contributed by atoms with E-state index in [4.69, 9.17) is 15.2 Å². The fourth-order valence-corrected chi connectivity index (χ4v) is 1.32. The Labute approximate surface area is 107 Å². The van der Waals surface area contributed by atoms with Crippen molar-refractivity contribution in [1.29, 1.82) is 0 Å². The molecular formula is C13H20N2O3. The number of nitrogen functional groups attached to an aromatic ring is 1. The number of carbonyl (C=O) groups excluding carboxylic acids is 1. The van der Waals surface area contributed by atoms with E-state index >= 15 is 0 Å². The van der Waals surface area contributed by atoms with Crippen LogP contribution in [0.3, 0.4) is 0 Å². The predicted molar refractivity (Wildman–Crippen MR) is 70.8 cm³/mol. The summed E-state index contributed by atoms with van der Waals surface area (Å²) < 4.78 is 10.3. The molecule has 0 aliphatic heterocycles. The summed E-state index contributed by atoms with van der Waals surface area (Å²) in [5, 5.41) is 2.80. The molecule has 0 bridgehead atoms. The Bertz CT molecular complexity index is 430. The summed E-state index contributed by atoms with van der Waals surface area (Å²) in [6, 6.07) is 4.92. The minimum absolute atomic E-state index is 0.182. The molecule has 0 saturated heterocycles. The van der Waals surface area contributed by atoms with E-state index in [1.807, 2.05) is 13.8 Å². The zero-order chi connectivity index (χ0) is 13.8. The second-order valence-corrected chi connectivity index (χ2v) is 4.60. The molecule has 1 aromatic rings. The van der Waals surface area contributed by atoms with Crippen molar-refractivity contribution in [1.82, 2.24) is 5.32 Å². The molecule has 1 aromatic carbocycles. The molecule has 5 nitrogen and oxygen atoms in total. The highest BCUT2D eigenvalue weighted by Crippen LogP contribution is 2.22. The van der Waals surface area contributed by atoms with Gasteiger partial charge in [0.2, 0.25) is 0 Å². The van der Waals surface area contributed by atoms with E-state index in [2.05, 4.69) is 5.32 Å². The Morgan fingerprint density at radius 2 is 2.06 bits per heavy atom. The number of hydrogen-bond donors (Lipinski definition) is 2. The average molecular weight is 252 g/mol. The summed E-state index contributed by atoms with van der Waals surface area (Å²) in [7, 11) is 3.12. The molecule has 1 amide bonds. The van der Waals surface area contributed by atoms with Gasteiger partial charge in [0.15, 0.2) is 0 Å². The molecule has 0 radical (unpaired) electrons. The number of amides is 1. The van der Waals surface area contributed by atoms with Gasteiger partial charge >= 0.3 is 0 Å². The fourth-order valence-electron chi connectivity index (χ4n) is 1.32. The van der Waals surface area contributed by atoms with Crippen LogP contribution in [-0.2, 0) is 4.74 Å². The third kappa shape index (κ3) is 3.63. The highest BCUT2D eigenvalue weighted by Gasteiger charge is 2.18. The molecule has 18 heavy (non-hydrogen) atoms. The van der Waals surface area contributed by atoms with Crippen LogP contribution >= 0.6 is 0 Å². The van der Waals surface area contributed by atoms with Crippen LogP contribution in [0.5, 0.6) is 5.75 Å². The summed E-state index contributed by atoms with van der Waals surface area (Å²) >= 11 is 0. The largest absolute Gasteiger partial charge is 0.495 e. The number of rotatable bonds is 5. The summed E-state index contributed by atoms with van der Waals surface area (Å²) in [5.41, 5.74) is 6.31. The highest BCUT2D eigenvalue weighted by atomic mass is 16.5. The summed E-state index contributed by atoms with van der Waals surface area (Å²) in [4.78, 5) is 11.9. The molecule has 0 heterocycles. The van der Waals surface area contributed by atoms with E-state index in [1.165, 1.54) is 7.11 Å². The smallest absolute Gasteiger partial charge is 0.251 e. The number of hydrogen-bond acceptors (Lipinski definition) is 4. The van der Waals surface area contributed by atoms with Crippen molar-refractivity contribution in [2.75, 3.05) is 26.5 Å². The van der Waals surface area contributed by atoms with Crippen LogP contribution in [0.2, 0.25) is 0 Å². The molecule has 0 spiro atoms. The second-order valence-electron chi connectivity index (χ2n) is 4.60. The van der Waals surface area contributed by atoms with E-state index in [-0.39, 0.29) is 5.91 Å². The topological polar surface area (TPSA) is 73.6 Å². The van der Waals surface area contributed by atoms with Gasteiger partial charge < -0.3 is 20.5 Å². The van der Waals surface area contributed by atoms with Crippen molar-refractivity contribution in [2.45, 2.75) is 19.4 Å². The zero-order valence-corrected chi connectivity index (χ0v) is 11.2. The van der Waals surface area contributed by atoms with Gasteiger partial charge in [0.05, 0.1) is 18.4 Å². The Hall–Kier alpha value is -1.75. The number of benzene rings is 1. The maximum Gasteiger partial charge on any atom is 0.251 e. The number of anilines is 1. The Balaban J connectivity index is 2.73. The van der Waals surface area contributed by atoms with Gasteiger partial charge in [-0.15, -0.1) is 0 Å². The Morgan fingerprint density at radius 1 is 1.39 bits per heavy atom. The van der Waals surface area contributed by atoms with Gasteiger partial charge in [0, 0.05) is 19.2 Å². The first kappa shape index (κ1) is 14.3. The third-order valence-corrected chi connectivity index (χ3v) is 2.72. The molecule has 0 aliphatic rings. The lowest BCUT2D eigenvalue weighted by atomic mass is 10.1. The van der Waals surface area contributed by atoms with E-state index < -0.39 is 5.60 Å². The van der Waals surface area contributed by atoms with Gasteiger partial charge in [-0.1, -0.05) is 0 Å². The van der Waals surface area contributed by atoms with Gasteiger partial charge in [-0.25, -0.2) is 0 Å². The van der Waals surface area contributed by atoms with Crippen molar-refractivity contribution >= 4 is 11.6 Å². The molecule has 0 fully saturated rings. The molecule has 3 N–H and O–H groups in total. The lowest BCUT2D eigenvalue weighted by Gasteiger charge is -2.23. The average Bonchev–Trinajstić information content (AvgIpc) is 2.36. The van der Waals surface area contributed by atoms with E-state index in [0.717, 1.165) is 0 Å². The van der Waals surface area contributed by atoms with Crippen molar-refractivity contribution < 1.29 is 14.3 Å². The highest BCUT2D eigenvalue weighted by molar-refractivity contribution is 5.95. The minimum atomic E-state index is -0.395. The fraction of sp³-hybridized carbons (Fsp3) is 0.462. The Kier molecular flexibility index (Phi) is 4.55. The predicted octanol–water partition coefficient (Wildman–Crippen LogP) is 1.43. The molecule has 0 aliphatic carbocycles. The normalized spacial score (nSPS) is 11.1. The van der Waals surface area contributed by atoms with Crippen LogP contribution in [0.15, 0.2) is 18.2 Å². The van der Waals surface area contributed by atoms with Crippen molar-refractivity contribution in [3.05, 3.63) is 23.8 Å². The van der Waals surface area contributed by atoms with Crippen molar-refractivity contribution in [3.8, 4) is 5.75 Å². The number of nitrogens with two attached hydrogens (primary N) is 1. The van der Waals surface area contributed by atoms with Crippen LogP contribution in [0.25, 0.3) is 0 Å².